The molecule has 0 aliphatic carbocycles. The normalized spacial score (nSPS) is 11.0. The molecule has 0 bridgehead atoms. The average Bonchev–Trinajstić information content (AvgIpc) is 3.05. The topological polar surface area (TPSA) is 90.4 Å². The van der Waals surface area contributed by atoms with E-state index in [2.05, 4.69) is 38.2 Å². The number of hydrogen-bond donors (Lipinski definition) is 4. The Balaban J connectivity index is 0.00000420. The molecule has 0 aliphatic heterocycles. The molecule has 0 radical (unpaired) electrons. The number of carbonyl (C=O) groups is 1. The average molecular weight is 530 g/mol. The van der Waals surface area contributed by atoms with Crippen molar-refractivity contribution in [2.45, 2.75) is 46.7 Å². The molecule has 0 saturated heterocycles. The van der Waals surface area contributed by atoms with Gasteiger partial charge >= 0.3 is 6.03 Å². The molecule has 29 heavy (non-hydrogen) atoms. The number of amides is 2. The Morgan fingerprint density at radius 1 is 1.21 bits per heavy atom. The number of nitrogens with zero attached hydrogens (tertiary/aromatic N) is 2. The summed E-state index contributed by atoms with van der Waals surface area (Å²) in [5.74, 6) is 0.786. The second-order valence-electron chi connectivity index (χ2n) is 6.69. The van der Waals surface area contributed by atoms with Crippen LogP contribution in [0.4, 0.5) is 10.5 Å². The maximum atomic E-state index is 11.7. The fourth-order valence-electron chi connectivity index (χ4n) is 2.44. The lowest BCUT2D eigenvalue weighted by Gasteiger charge is -2.11. The predicted molar refractivity (Wildman–Crippen MR) is 133 cm³/mol. The molecule has 2 aromatic rings. The highest BCUT2D eigenvalue weighted by molar-refractivity contribution is 14.0. The van der Waals surface area contributed by atoms with Gasteiger partial charge in [-0.25, -0.2) is 14.8 Å². The summed E-state index contributed by atoms with van der Waals surface area (Å²) in [5, 5.41) is 13.3. The number of carbonyl (C=O) groups excluding carboxylic acids is 1. The molecule has 0 aliphatic rings. The van der Waals surface area contributed by atoms with Crippen molar-refractivity contribution in [3.8, 4) is 0 Å². The van der Waals surface area contributed by atoms with Crippen molar-refractivity contribution in [3.05, 3.63) is 45.9 Å². The Labute approximate surface area is 194 Å². The number of aromatic nitrogens is 1. The van der Waals surface area contributed by atoms with Crippen LogP contribution in [0.25, 0.3) is 0 Å². The number of anilines is 1. The van der Waals surface area contributed by atoms with E-state index in [1.807, 2.05) is 51.2 Å². The Morgan fingerprint density at radius 3 is 2.52 bits per heavy atom. The number of rotatable bonds is 8. The van der Waals surface area contributed by atoms with Gasteiger partial charge in [-0.05, 0) is 45.4 Å². The molecule has 1 heterocycles. The standard InChI is InChI=1S/C20H30N6OS.HI/c1-5-21-19(22-11-10-18-23-12-15(4)28-18)24-13-16-6-8-17(9-7-16)26-20(27)25-14(2)3;/h6-9,12,14H,5,10-11,13H2,1-4H3,(H2,21,22,24)(H2,25,26,27);1H. The van der Waals surface area contributed by atoms with Gasteiger partial charge in [-0.3, -0.25) is 0 Å². The number of halogens is 1. The first-order chi connectivity index (χ1) is 13.5. The highest BCUT2D eigenvalue weighted by Gasteiger charge is 2.04. The summed E-state index contributed by atoms with van der Waals surface area (Å²) < 4.78 is 0. The summed E-state index contributed by atoms with van der Waals surface area (Å²) in [6, 6.07) is 7.61. The Morgan fingerprint density at radius 2 is 1.93 bits per heavy atom. The number of guanidine groups is 1. The minimum Gasteiger partial charge on any atom is -0.357 e. The minimum atomic E-state index is -0.199. The molecule has 0 saturated carbocycles. The lowest BCUT2D eigenvalue weighted by Crippen LogP contribution is -2.38. The van der Waals surface area contributed by atoms with Gasteiger partial charge in [0.05, 0.1) is 11.6 Å². The predicted octanol–water partition coefficient (Wildman–Crippen LogP) is 3.90. The number of thiazole rings is 1. The zero-order valence-electron chi connectivity index (χ0n) is 17.4. The Hall–Kier alpha value is -1.88. The third kappa shape index (κ3) is 9.93. The molecule has 4 N–H and O–H groups in total. The van der Waals surface area contributed by atoms with Crippen LogP contribution in [-0.2, 0) is 13.0 Å². The van der Waals surface area contributed by atoms with Gasteiger partial charge in [-0.2, -0.15) is 0 Å². The van der Waals surface area contributed by atoms with Crippen LogP contribution in [0.1, 0.15) is 36.2 Å². The summed E-state index contributed by atoms with van der Waals surface area (Å²) in [5.41, 5.74) is 1.83. The van der Waals surface area contributed by atoms with Crippen molar-refractivity contribution in [2.75, 3.05) is 18.4 Å². The molecular formula is C20H31IN6OS. The maximum absolute atomic E-state index is 11.7. The zero-order valence-corrected chi connectivity index (χ0v) is 20.6. The first-order valence-electron chi connectivity index (χ1n) is 9.56. The van der Waals surface area contributed by atoms with Crippen LogP contribution < -0.4 is 21.3 Å². The van der Waals surface area contributed by atoms with E-state index in [-0.39, 0.29) is 36.0 Å². The second-order valence-corrected chi connectivity index (χ2v) is 8.01. The van der Waals surface area contributed by atoms with Crippen LogP contribution >= 0.6 is 35.3 Å². The molecule has 2 amide bonds. The quantitative estimate of drug-likeness (QED) is 0.237. The van der Waals surface area contributed by atoms with Crippen LogP contribution in [0, 0.1) is 6.92 Å². The molecule has 0 unspecified atom stereocenters. The summed E-state index contributed by atoms with van der Waals surface area (Å²) in [7, 11) is 0. The molecule has 0 spiro atoms. The third-order valence-electron chi connectivity index (χ3n) is 3.70. The smallest absolute Gasteiger partial charge is 0.319 e. The van der Waals surface area contributed by atoms with Crippen LogP contribution in [0.3, 0.4) is 0 Å². The molecule has 9 heteroatoms. The van der Waals surface area contributed by atoms with Gasteiger partial charge in [0.2, 0.25) is 0 Å². The molecule has 1 aromatic heterocycles. The van der Waals surface area contributed by atoms with E-state index >= 15 is 0 Å². The van der Waals surface area contributed by atoms with Crippen molar-refractivity contribution in [1.82, 2.24) is 20.9 Å². The Kier molecular flexibility index (Phi) is 11.6. The number of aliphatic imine (C=N–C) groups is 1. The molecule has 1 aromatic carbocycles. The first kappa shape index (κ1) is 25.2. The highest BCUT2D eigenvalue weighted by Crippen LogP contribution is 2.11. The SMILES string of the molecule is CCNC(=NCc1ccc(NC(=O)NC(C)C)cc1)NCCc1ncc(C)s1.I. The number of urea groups is 1. The number of nitrogens with one attached hydrogen (secondary N) is 4. The van der Waals surface area contributed by atoms with Gasteiger partial charge in [-0.15, -0.1) is 35.3 Å². The summed E-state index contributed by atoms with van der Waals surface area (Å²) in [4.78, 5) is 22.0. The second kappa shape index (κ2) is 13.4. The molecule has 0 fully saturated rings. The molecule has 0 atom stereocenters. The van der Waals surface area contributed by atoms with Crippen LogP contribution in [0.2, 0.25) is 0 Å². The minimum absolute atomic E-state index is 0. The van der Waals surface area contributed by atoms with Gasteiger partial charge in [0.1, 0.15) is 0 Å². The molecule has 2 rings (SSSR count). The highest BCUT2D eigenvalue weighted by atomic mass is 127. The lowest BCUT2D eigenvalue weighted by molar-refractivity contribution is 0.250. The largest absolute Gasteiger partial charge is 0.357 e. The van der Waals surface area contributed by atoms with E-state index in [1.54, 1.807) is 11.3 Å². The maximum Gasteiger partial charge on any atom is 0.319 e. The van der Waals surface area contributed by atoms with Gasteiger partial charge < -0.3 is 21.3 Å². The third-order valence-corrected chi connectivity index (χ3v) is 4.67. The molecular weight excluding hydrogens is 499 g/mol. The first-order valence-corrected chi connectivity index (χ1v) is 10.4. The van der Waals surface area contributed by atoms with Crippen LogP contribution in [0.15, 0.2) is 35.5 Å². The van der Waals surface area contributed by atoms with E-state index in [0.29, 0.717) is 6.54 Å². The zero-order chi connectivity index (χ0) is 20.4. The summed E-state index contributed by atoms with van der Waals surface area (Å²) in [6.07, 6.45) is 2.78. The van der Waals surface area contributed by atoms with E-state index in [0.717, 1.165) is 41.7 Å². The molecule has 160 valence electrons. The van der Waals surface area contributed by atoms with Crippen molar-refractivity contribution in [2.24, 2.45) is 4.99 Å². The van der Waals surface area contributed by atoms with E-state index in [9.17, 15) is 4.79 Å². The van der Waals surface area contributed by atoms with E-state index in [4.69, 9.17) is 0 Å². The number of benzene rings is 1. The van der Waals surface area contributed by atoms with E-state index in [1.165, 1.54) is 4.88 Å². The number of hydrogen-bond acceptors (Lipinski definition) is 4. The van der Waals surface area contributed by atoms with E-state index < -0.39 is 0 Å². The van der Waals surface area contributed by atoms with Crippen molar-refractivity contribution >= 4 is 53.0 Å². The van der Waals surface area contributed by atoms with Gasteiger partial charge in [0.25, 0.3) is 0 Å². The summed E-state index contributed by atoms with van der Waals surface area (Å²) >= 11 is 1.73. The van der Waals surface area contributed by atoms with Crippen LogP contribution in [-0.4, -0.2) is 36.1 Å². The van der Waals surface area contributed by atoms with Gasteiger partial charge in [0.15, 0.2) is 5.96 Å². The monoisotopic (exact) mass is 530 g/mol. The van der Waals surface area contributed by atoms with Crippen molar-refractivity contribution in [3.63, 3.8) is 0 Å². The van der Waals surface area contributed by atoms with Gasteiger partial charge in [-0.1, -0.05) is 12.1 Å². The Bertz CT molecular complexity index is 776. The van der Waals surface area contributed by atoms with Crippen molar-refractivity contribution in [1.29, 1.82) is 0 Å². The fourth-order valence-corrected chi connectivity index (χ4v) is 3.23. The molecule has 7 nitrogen and oxygen atoms in total. The fraction of sp³-hybridized carbons (Fsp3) is 0.450. The van der Waals surface area contributed by atoms with Gasteiger partial charge in [0, 0.05) is 42.3 Å². The van der Waals surface area contributed by atoms with Crippen LogP contribution in [0.5, 0.6) is 0 Å². The summed E-state index contributed by atoms with van der Waals surface area (Å²) in [6.45, 7) is 10.1. The van der Waals surface area contributed by atoms with Crippen molar-refractivity contribution < 1.29 is 4.79 Å². The number of aryl methyl sites for hydroxylation is 1. The lowest BCUT2D eigenvalue weighted by atomic mass is 10.2.